The molecular formula is C21H31N3O2. The monoisotopic (exact) mass is 357 g/mol. The maximum Gasteiger partial charge on any atom is 0.231 e. The second-order valence-corrected chi connectivity index (χ2v) is 7.94. The largest absolute Gasteiger partial charge is 0.356 e. The molecule has 2 amide bonds. The van der Waals surface area contributed by atoms with Crippen LogP contribution in [0.2, 0.25) is 0 Å². The fraction of sp³-hybridized carbons (Fsp3) is 0.619. The van der Waals surface area contributed by atoms with E-state index in [1.807, 2.05) is 30.0 Å². The summed E-state index contributed by atoms with van der Waals surface area (Å²) in [5.74, 6) is -0.296. The van der Waals surface area contributed by atoms with Crippen molar-refractivity contribution in [1.29, 1.82) is 0 Å². The van der Waals surface area contributed by atoms with Gasteiger partial charge in [0.15, 0.2) is 0 Å². The molecule has 0 bridgehead atoms. The second-order valence-electron chi connectivity index (χ2n) is 7.94. The number of para-hydroxylation sites is 1. The van der Waals surface area contributed by atoms with Gasteiger partial charge in [-0.2, -0.15) is 0 Å². The smallest absolute Gasteiger partial charge is 0.231 e. The van der Waals surface area contributed by atoms with Gasteiger partial charge in [-0.1, -0.05) is 31.0 Å². The van der Waals surface area contributed by atoms with Crippen LogP contribution in [0.15, 0.2) is 24.3 Å². The quantitative estimate of drug-likeness (QED) is 0.850. The average Bonchev–Trinajstić information content (AvgIpc) is 2.96. The molecule has 1 saturated carbocycles. The van der Waals surface area contributed by atoms with Gasteiger partial charge in [-0.25, -0.2) is 0 Å². The molecule has 0 aromatic heterocycles. The first-order chi connectivity index (χ1) is 12.5. The Balaban J connectivity index is 1.73. The Morgan fingerprint density at radius 1 is 1.23 bits per heavy atom. The predicted octanol–water partition coefficient (Wildman–Crippen LogP) is 2.62. The first-order valence-corrected chi connectivity index (χ1v) is 9.93. The molecule has 1 aromatic rings. The summed E-state index contributed by atoms with van der Waals surface area (Å²) in [6.45, 7) is 4.61. The maximum absolute atomic E-state index is 13.4. The van der Waals surface area contributed by atoms with E-state index in [-0.39, 0.29) is 35.7 Å². The number of rotatable bonds is 5. The standard InChI is InChI=1S/C21H31N3O2/c1-14(22)11-12-23-20(25)17-8-4-5-9-18(17)21(26)24-15(2)13-16-7-3-6-10-19(16)24/h3,6-7,10,14-15,17-18H,4-5,8-9,11-13,22H2,1-2H3,(H,23,25). The van der Waals surface area contributed by atoms with Crippen LogP contribution in [-0.2, 0) is 16.0 Å². The number of anilines is 1. The number of nitrogens with one attached hydrogen (secondary N) is 1. The molecule has 1 aliphatic carbocycles. The Morgan fingerprint density at radius 3 is 2.65 bits per heavy atom. The molecule has 1 aliphatic heterocycles. The molecule has 142 valence electrons. The summed E-state index contributed by atoms with van der Waals surface area (Å²) in [5, 5.41) is 3.00. The molecule has 1 fully saturated rings. The van der Waals surface area contributed by atoms with Crippen molar-refractivity contribution in [1.82, 2.24) is 5.32 Å². The minimum Gasteiger partial charge on any atom is -0.356 e. The fourth-order valence-electron chi connectivity index (χ4n) is 4.37. The minimum atomic E-state index is -0.218. The Kier molecular flexibility index (Phi) is 5.97. The lowest BCUT2D eigenvalue weighted by atomic mass is 9.77. The summed E-state index contributed by atoms with van der Waals surface area (Å²) in [5.41, 5.74) is 8.01. The molecule has 3 N–H and O–H groups in total. The van der Waals surface area contributed by atoms with Crippen molar-refractivity contribution in [3.05, 3.63) is 29.8 Å². The van der Waals surface area contributed by atoms with Crippen molar-refractivity contribution in [2.24, 2.45) is 17.6 Å². The van der Waals surface area contributed by atoms with Crippen molar-refractivity contribution in [3.8, 4) is 0 Å². The van der Waals surface area contributed by atoms with Gasteiger partial charge in [-0.15, -0.1) is 0 Å². The zero-order valence-corrected chi connectivity index (χ0v) is 15.9. The summed E-state index contributed by atoms with van der Waals surface area (Å²) < 4.78 is 0. The Morgan fingerprint density at radius 2 is 1.92 bits per heavy atom. The van der Waals surface area contributed by atoms with E-state index in [0.717, 1.165) is 44.2 Å². The van der Waals surface area contributed by atoms with Crippen LogP contribution in [0.25, 0.3) is 0 Å². The number of amides is 2. The van der Waals surface area contributed by atoms with Gasteiger partial charge in [-0.3, -0.25) is 9.59 Å². The highest BCUT2D eigenvalue weighted by atomic mass is 16.2. The Hall–Kier alpha value is -1.88. The molecule has 1 heterocycles. The predicted molar refractivity (Wildman–Crippen MR) is 104 cm³/mol. The third-order valence-corrected chi connectivity index (χ3v) is 5.76. The van der Waals surface area contributed by atoms with Crippen molar-refractivity contribution in [3.63, 3.8) is 0 Å². The number of fused-ring (bicyclic) bond motifs is 1. The van der Waals surface area contributed by atoms with E-state index >= 15 is 0 Å². The first-order valence-electron chi connectivity index (χ1n) is 9.93. The molecule has 5 heteroatoms. The van der Waals surface area contributed by atoms with Crippen LogP contribution in [-0.4, -0.2) is 30.4 Å². The summed E-state index contributed by atoms with van der Waals surface area (Å²) in [7, 11) is 0. The molecular weight excluding hydrogens is 326 g/mol. The van der Waals surface area contributed by atoms with Gasteiger partial charge in [0.25, 0.3) is 0 Å². The third-order valence-electron chi connectivity index (χ3n) is 5.76. The number of hydrogen-bond donors (Lipinski definition) is 2. The summed E-state index contributed by atoms with van der Waals surface area (Å²) in [4.78, 5) is 28.0. The minimum absolute atomic E-state index is 0.0174. The van der Waals surface area contributed by atoms with Crippen LogP contribution in [0.3, 0.4) is 0 Å². The van der Waals surface area contributed by atoms with Crippen LogP contribution in [0.1, 0.15) is 51.5 Å². The second kappa shape index (κ2) is 8.21. The molecule has 5 nitrogen and oxygen atoms in total. The summed E-state index contributed by atoms with van der Waals surface area (Å²) in [6, 6.07) is 8.35. The van der Waals surface area contributed by atoms with E-state index < -0.39 is 0 Å². The van der Waals surface area contributed by atoms with E-state index in [2.05, 4.69) is 18.3 Å². The highest BCUT2D eigenvalue weighted by Crippen LogP contribution is 2.38. The molecule has 1 aromatic carbocycles. The van der Waals surface area contributed by atoms with Gasteiger partial charge in [0, 0.05) is 30.2 Å². The van der Waals surface area contributed by atoms with Crippen LogP contribution in [0.4, 0.5) is 5.69 Å². The van der Waals surface area contributed by atoms with E-state index in [9.17, 15) is 9.59 Å². The average molecular weight is 357 g/mol. The van der Waals surface area contributed by atoms with Crippen LogP contribution < -0.4 is 16.0 Å². The van der Waals surface area contributed by atoms with Crippen molar-refractivity contribution in [2.75, 3.05) is 11.4 Å². The van der Waals surface area contributed by atoms with Crippen molar-refractivity contribution >= 4 is 17.5 Å². The molecule has 0 radical (unpaired) electrons. The normalized spacial score (nSPS) is 26.3. The van der Waals surface area contributed by atoms with Gasteiger partial charge >= 0.3 is 0 Å². The zero-order chi connectivity index (χ0) is 18.7. The van der Waals surface area contributed by atoms with Gasteiger partial charge < -0.3 is 16.0 Å². The number of carbonyl (C=O) groups is 2. The lowest BCUT2D eigenvalue weighted by Crippen LogP contribution is -2.47. The van der Waals surface area contributed by atoms with E-state index in [0.29, 0.717) is 6.54 Å². The molecule has 2 aliphatic rings. The lowest BCUT2D eigenvalue weighted by molar-refractivity contribution is -0.135. The molecule has 4 atom stereocenters. The summed E-state index contributed by atoms with van der Waals surface area (Å²) >= 11 is 0. The summed E-state index contributed by atoms with van der Waals surface area (Å²) in [6.07, 6.45) is 5.28. The zero-order valence-electron chi connectivity index (χ0n) is 15.9. The van der Waals surface area contributed by atoms with E-state index in [1.54, 1.807) is 0 Å². The number of nitrogens with zero attached hydrogens (tertiary/aromatic N) is 1. The van der Waals surface area contributed by atoms with Crippen molar-refractivity contribution < 1.29 is 9.59 Å². The SMILES string of the molecule is CC(N)CCNC(=O)C1CCCCC1C(=O)N1c2ccccc2CC1C. The highest BCUT2D eigenvalue weighted by molar-refractivity contribution is 6.00. The van der Waals surface area contributed by atoms with Gasteiger partial charge in [0.2, 0.25) is 11.8 Å². The Bertz CT molecular complexity index is 658. The number of nitrogens with two attached hydrogens (primary N) is 1. The molecule has 0 saturated heterocycles. The Labute approximate surface area is 156 Å². The lowest BCUT2D eigenvalue weighted by Gasteiger charge is -2.34. The van der Waals surface area contributed by atoms with Crippen LogP contribution in [0.5, 0.6) is 0 Å². The highest BCUT2D eigenvalue weighted by Gasteiger charge is 2.41. The topological polar surface area (TPSA) is 75.4 Å². The molecule has 4 unspecified atom stereocenters. The molecule has 0 spiro atoms. The number of hydrogen-bond acceptors (Lipinski definition) is 3. The van der Waals surface area contributed by atoms with Crippen molar-refractivity contribution in [2.45, 2.75) is 64.5 Å². The fourth-order valence-corrected chi connectivity index (χ4v) is 4.37. The van der Waals surface area contributed by atoms with E-state index in [1.165, 1.54) is 5.56 Å². The van der Waals surface area contributed by atoms with Gasteiger partial charge in [0.05, 0.1) is 5.92 Å². The molecule has 3 rings (SSSR count). The van der Waals surface area contributed by atoms with E-state index in [4.69, 9.17) is 5.73 Å². The van der Waals surface area contributed by atoms with Gasteiger partial charge in [0.1, 0.15) is 0 Å². The molecule has 26 heavy (non-hydrogen) atoms. The van der Waals surface area contributed by atoms with Crippen LogP contribution >= 0.6 is 0 Å². The first kappa shape index (κ1) is 18.9. The maximum atomic E-state index is 13.4. The third kappa shape index (κ3) is 3.93. The van der Waals surface area contributed by atoms with Crippen LogP contribution in [0, 0.1) is 11.8 Å². The van der Waals surface area contributed by atoms with Gasteiger partial charge in [-0.05, 0) is 51.2 Å². The number of benzene rings is 1. The number of carbonyl (C=O) groups excluding carboxylic acids is 2.